The number of imidazole rings is 1. The lowest BCUT2D eigenvalue weighted by atomic mass is 10.1. The van der Waals surface area contributed by atoms with E-state index in [0.717, 1.165) is 28.3 Å². The molecule has 0 saturated heterocycles. The standard InChI is InChI=1S/C16H17N3O/c1-11(2)20-14-6-3-12(4-7-14)15-10-19-9-13(17)5-8-16(19)18-15/h3-11H,17H2,1-2H3. The van der Waals surface area contributed by atoms with Gasteiger partial charge in [-0.05, 0) is 50.2 Å². The minimum absolute atomic E-state index is 0.180. The molecule has 0 unspecified atom stereocenters. The summed E-state index contributed by atoms with van der Waals surface area (Å²) in [7, 11) is 0. The van der Waals surface area contributed by atoms with E-state index in [-0.39, 0.29) is 6.10 Å². The molecule has 0 aliphatic heterocycles. The van der Waals surface area contributed by atoms with Crippen LogP contribution in [0.15, 0.2) is 48.8 Å². The monoisotopic (exact) mass is 267 g/mol. The topological polar surface area (TPSA) is 52.5 Å². The predicted octanol–water partition coefficient (Wildman–Crippen LogP) is 3.37. The Morgan fingerprint density at radius 3 is 2.50 bits per heavy atom. The average molecular weight is 267 g/mol. The normalized spacial score (nSPS) is 11.2. The number of nitrogen functional groups attached to an aromatic ring is 1. The van der Waals surface area contributed by atoms with E-state index in [1.807, 2.05) is 67.0 Å². The molecule has 0 aliphatic carbocycles. The minimum atomic E-state index is 0.180. The second kappa shape index (κ2) is 4.89. The van der Waals surface area contributed by atoms with Crippen molar-refractivity contribution >= 4 is 11.3 Å². The second-order valence-electron chi connectivity index (χ2n) is 5.05. The van der Waals surface area contributed by atoms with Gasteiger partial charge in [-0.1, -0.05) is 0 Å². The second-order valence-corrected chi connectivity index (χ2v) is 5.05. The van der Waals surface area contributed by atoms with E-state index in [9.17, 15) is 0 Å². The highest BCUT2D eigenvalue weighted by molar-refractivity contribution is 5.64. The Bertz CT molecular complexity index is 729. The van der Waals surface area contributed by atoms with E-state index < -0.39 is 0 Å². The Hall–Kier alpha value is -2.49. The summed E-state index contributed by atoms with van der Waals surface area (Å²) < 4.78 is 7.57. The fourth-order valence-corrected chi connectivity index (χ4v) is 2.12. The number of benzene rings is 1. The largest absolute Gasteiger partial charge is 0.491 e. The van der Waals surface area contributed by atoms with Crippen LogP contribution in [0.3, 0.4) is 0 Å². The summed E-state index contributed by atoms with van der Waals surface area (Å²) in [5.74, 6) is 0.872. The van der Waals surface area contributed by atoms with Crippen LogP contribution in [0.25, 0.3) is 16.9 Å². The fraction of sp³-hybridized carbons (Fsp3) is 0.188. The number of ether oxygens (including phenoxy) is 1. The zero-order valence-electron chi connectivity index (χ0n) is 11.6. The van der Waals surface area contributed by atoms with E-state index in [4.69, 9.17) is 10.5 Å². The van der Waals surface area contributed by atoms with Gasteiger partial charge < -0.3 is 14.9 Å². The van der Waals surface area contributed by atoms with Gasteiger partial charge in [-0.15, -0.1) is 0 Å². The lowest BCUT2D eigenvalue weighted by Gasteiger charge is -2.09. The third-order valence-electron chi connectivity index (χ3n) is 3.00. The molecule has 0 atom stereocenters. The van der Waals surface area contributed by atoms with Crippen molar-refractivity contribution in [1.29, 1.82) is 0 Å². The molecule has 3 aromatic rings. The van der Waals surface area contributed by atoms with Crippen LogP contribution in [0.1, 0.15) is 13.8 Å². The van der Waals surface area contributed by atoms with Gasteiger partial charge in [-0.3, -0.25) is 0 Å². The molecule has 3 rings (SSSR count). The number of aromatic nitrogens is 2. The predicted molar refractivity (Wildman–Crippen MR) is 80.8 cm³/mol. The van der Waals surface area contributed by atoms with Gasteiger partial charge in [0.15, 0.2) is 0 Å². The Kier molecular flexibility index (Phi) is 3.06. The van der Waals surface area contributed by atoms with Crippen molar-refractivity contribution in [3.8, 4) is 17.0 Å². The first-order valence-electron chi connectivity index (χ1n) is 6.63. The van der Waals surface area contributed by atoms with Gasteiger partial charge in [0.05, 0.1) is 11.8 Å². The van der Waals surface area contributed by atoms with E-state index in [2.05, 4.69) is 4.98 Å². The summed E-state index contributed by atoms with van der Waals surface area (Å²) in [5.41, 5.74) is 9.36. The van der Waals surface area contributed by atoms with Crippen molar-refractivity contribution in [2.24, 2.45) is 0 Å². The van der Waals surface area contributed by atoms with Crippen molar-refractivity contribution in [2.75, 3.05) is 5.73 Å². The Morgan fingerprint density at radius 2 is 1.80 bits per heavy atom. The maximum absolute atomic E-state index is 5.77. The molecule has 0 radical (unpaired) electrons. The molecule has 4 nitrogen and oxygen atoms in total. The van der Waals surface area contributed by atoms with Gasteiger partial charge in [0.1, 0.15) is 11.4 Å². The summed E-state index contributed by atoms with van der Waals surface area (Å²) in [6.07, 6.45) is 4.02. The molecule has 0 amide bonds. The van der Waals surface area contributed by atoms with Crippen LogP contribution in [-0.4, -0.2) is 15.5 Å². The first kappa shape index (κ1) is 12.5. The number of hydrogen-bond donors (Lipinski definition) is 1. The van der Waals surface area contributed by atoms with Gasteiger partial charge in [-0.2, -0.15) is 0 Å². The first-order chi connectivity index (χ1) is 9.61. The van der Waals surface area contributed by atoms with Gasteiger partial charge in [0.25, 0.3) is 0 Å². The molecule has 1 aromatic carbocycles. The van der Waals surface area contributed by atoms with Crippen LogP contribution in [-0.2, 0) is 0 Å². The molecule has 2 N–H and O–H groups in total. The third kappa shape index (κ3) is 2.45. The van der Waals surface area contributed by atoms with Gasteiger partial charge in [-0.25, -0.2) is 4.98 Å². The summed E-state index contributed by atoms with van der Waals surface area (Å²) in [5, 5.41) is 0. The fourth-order valence-electron chi connectivity index (χ4n) is 2.12. The zero-order chi connectivity index (χ0) is 14.1. The highest BCUT2D eigenvalue weighted by atomic mass is 16.5. The molecule has 0 saturated carbocycles. The maximum Gasteiger partial charge on any atom is 0.137 e. The molecule has 20 heavy (non-hydrogen) atoms. The average Bonchev–Trinajstić information content (AvgIpc) is 2.81. The van der Waals surface area contributed by atoms with Crippen LogP contribution in [0.2, 0.25) is 0 Å². The first-order valence-corrected chi connectivity index (χ1v) is 6.63. The highest BCUT2D eigenvalue weighted by Crippen LogP contribution is 2.23. The van der Waals surface area contributed by atoms with Gasteiger partial charge in [0, 0.05) is 23.6 Å². The molecular formula is C16H17N3O. The number of anilines is 1. The number of rotatable bonds is 3. The zero-order valence-corrected chi connectivity index (χ0v) is 11.6. The molecule has 0 aliphatic rings. The lowest BCUT2D eigenvalue weighted by molar-refractivity contribution is 0.242. The minimum Gasteiger partial charge on any atom is -0.491 e. The SMILES string of the molecule is CC(C)Oc1ccc(-c2cn3cc(N)ccc3n2)cc1. The Balaban J connectivity index is 1.94. The number of pyridine rings is 1. The number of nitrogens with zero attached hydrogens (tertiary/aromatic N) is 2. The molecule has 2 heterocycles. The summed E-state index contributed by atoms with van der Waals surface area (Å²) in [6.45, 7) is 4.03. The maximum atomic E-state index is 5.77. The summed E-state index contributed by atoms with van der Waals surface area (Å²) in [6, 6.07) is 11.7. The molecule has 0 spiro atoms. The van der Waals surface area contributed by atoms with Crippen molar-refractivity contribution in [3.63, 3.8) is 0 Å². The quantitative estimate of drug-likeness (QED) is 0.791. The van der Waals surface area contributed by atoms with E-state index >= 15 is 0 Å². The molecule has 102 valence electrons. The van der Waals surface area contributed by atoms with Crippen LogP contribution < -0.4 is 10.5 Å². The molecule has 0 fully saturated rings. The molecular weight excluding hydrogens is 250 g/mol. The van der Waals surface area contributed by atoms with Gasteiger partial charge in [0.2, 0.25) is 0 Å². The van der Waals surface area contributed by atoms with Crippen molar-refractivity contribution in [3.05, 3.63) is 48.8 Å². The molecule has 0 bridgehead atoms. The summed E-state index contributed by atoms with van der Waals surface area (Å²) >= 11 is 0. The molecule has 2 aromatic heterocycles. The molecule has 4 heteroatoms. The number of nitrogens with two attached hydrogens (primary N) is 1. The summed E-state index contributed by atoms with van der Waals surface area (Å²) in [4.78, 5) is 4.58. The van der Waals surface area contributed by atoms with Crippen molar-refractivity contribution < 1.29 is 4.74 Å². The van der Waals surface area contributed by atoms with Crippen molar-refractivity contribution in [1.82, 2.24) is 9.38 Å². The smallest absolute Gasteiger partial charge is 0.137 e. The van der Waals surface area contributed by atoms with Crippen LogP contribution in [0.5, 0.6) is 5.75 Å². The van der Waals surface area contributed by atoms with Crippen LogP contribution >= 0.6 is 0 Å². The lowest BCUT2D eigenvalue weighted by Crippen LogP contribution is -2.05. The Labute approximate surface area is 117 Å². The number of fused-ring (bicyclic) bond motifs is 1. The highest BCUT2D eigenvalue weighted by Gasteiger charge is 2.05. The number of hydrogen-bond acceptors (Lipinski definition) is 3. The Morgan fingerprint density at radius 1 is 1.05 bits per heavy atom. The van der Waals surface area contributed by atoms with E-state index in [0.29, 0.717) is 0 Å². The van der Waals surface area contributed by atoms with E-state index in [1.165, 1.54) is 0 Å². The van der Waals surface area contributed by atoms with Gasteiger partial charge >= 0.3 is 0 Å². The van der Waals surface area contributed by atoms with Crippen LogP contribution in [0, 0.1) is 0 Å². The van der Waals surface area contributed by atoms with Crippen molar-refractivity contribution in [2.45, 2.75) is 20.0 Å². The van der Waals surface area contributed by atoms with Crippen LogP contribution in [0.4, 0.5) is 5.69 Å². The van der Waals surface area contributed by atoms with E-state index in [1.54, 1.807) is 0 Å². The third-order valence-corrected chi connectivity index (χ3v) is 3.00.